The predicted molar refractivity (Wildman–Crippen MR) is 365 cm³/mol. The number of quaternary nitrogens is 1. The number of nitrogens with zero attached hydrogens (tertiary/aromatic N) is 1. The highest BCUT2D eigenvalue weighted by atomic mass is 31.2. The van der Waals surface area contributed by atoms with Crippen LogP contribution in [0.5, 0.6) is 0 Å². The lowest BCUT2D eigenvalue weighted by atomic mass is 10.0. The van der Waals surface area contributed by atoms with Crippen molar-refractivity contribution in [2.45, 2.75) is 386 Å². The minimum Gasteiger partial charge on any atom is -0.456 e. The quantitative estimate of drug-likeness (QED) is 0.0205. The van der Waals surface area contributed by atoms with E-state index in [2.05, 4.69) is 50.4 Å². The number of likely N-dealkylation sites (N-methyl/N-ethyl adjacent to an activating group) is 1. The molecule has 1 amide bonds. The molecular weight excluding hydrogens is 1060 g/mol. The second-order valence-corrected chi connectivity index (χ2v) is 27.9. The number of carbonyl (C=O) groups excluding carboxylic acids is 2. The zero-order valence-corrected chi connectivity index (χ0v) is 57.8. The van der Waals surface area contributed by atoms with Crippen molar-refractivity contribution in [3.63, 3.8) is 0 Å². The first-order valence-electron chi connectivity index (χ1n) is 36.8. The molecule has 3 unspecified atom stereocenters. The number of allylic oxidation sites excluding steroid dienone is 5. The van der Waals surface area contributed by atoms with Crippen LogP contribution in [0.3, 0.4) is 0 Å². The fourth-order valence-electron chi connectivity index (χ4n) is 11.2. The highest BCUT2D eigenvalue weighted by Crippen LogP contribution is 2.43. The van der Waals surface area contributed by atoms with Gasteiger partial charge in [0.25, 0.3) is 0 Å². The Morgan fingerprint density at radius 3 is 1.10 bits per heavy atom. The lowest BCUT2D eigenvalue weighted by Crippen LogP contribution is -2.47. The maximum atomic E-state index is 13.6. The van der Waals surface area contributed by atoms with E-state index < -0.39 is 20.0 Å². The average Bonchev–Trinajstić information content (AvgIpc) is 3.65. The van der Waals surface area contributed by atoms with Crippen LogP contribution < -0.4 is 5.32 Å². The van der Waals surface area contributed by atoms with Crippen molar-refractivity contribution in [1.29, 1.82) is 0 Å². The van der Waals surface area contributed by atoms with Crippen LogP contribution in [-0.2, 0) is 27.9 Å². The number of unbranched alkanes of at least 4 members (excludes halogenated alkanes) is 48. The van der Waals surface area contributed by atoms with Gasteiger partial charge in [-0.2, -0.15) is 0 Å². The van der Waals surface area contributed by atoms with Crippen LogP contribution in [0.25, 0.3) is 0 Å². The summed E-state index contributed by atoms with van der Waals surface area (Å²) in [5, 5.41) is 3.08. The molecule has 84 heavy (non-hydrogen) atoms. The molecule has 0 saturated carbocycles. The summed E-state index contributed by atoms with van der Waals surface area (Å²) >= 11 is 0. The molecule has 0 aromatic carbocycles. The Labute approximate surface area is 523 Å². The molecule has 0 spiro atoms. The van der Waals surface area contributed by atoms with Crippen LogP contribution in [0.1, 0.15) is 374 Å². The normalized spacial score (nSPS) is 13.7. The Balaban J connectivity index is 4.99. The van der Waals surface area contributed by atoms with Crippen molar-refractivity contribution in [3.8, 4) is 0 Å². The average molecular weight is 1200 g/mol. The maximum Gasteiger partial charge on any atom is 0.472 e. The molecule has 0 aromatic heterocycles. The molecule has 10 heteroatoms. The molecule has 2 N–H and O–H groups in total. The molecule has 0 radical (unpaired) electrons. The van der Waals surface area contributed by atoms with Gasteiger partial charge >= 0.3 is 13.8 Å². The van der Waals surface area contributed by atoms with Crippen LogP contribution >= 0.6 is 7.82 Å². The minimum atomic E-state index is -4.45. The fraction of sp³-hybridized carbons (Fsp3) is 0.892. The number of amides is 1. The maximum absolute atomic E-state index is 13.6. The molecular formula is C74H144N2O7P+. The smallest absolute Gasteiger partial charge is 0.456 e. The molecule has 0 fully saturated rings. The lowest BCUT2D eigenvalue weighted by molar-refractivity contribution is -0.870. The summed E-state index contributed by atoms with van der Waals surface area (Å²) < 4.78 is 30.9. The van der Waals surface area contributed by atoms with Gasteiger partial charge in [-0.25, -0.2) is 4.57 Å². The standard InChI is InChI=1S/C74H143N2O7P/c1-7-10-13-16-19-22-25-28-30-32-34-36-37-38-39-41-42-44-46-48-51-54-57-60-63-66-73(77)75-71(70-82-84(79,80)81-69-68-76(4,5)6)72(65-62-59-56-53-50-27-24-21-18-15-12-9-3)83-74(78)67-64-61-58-55-52-49-47-45-43-40-35-33-31-29-26-23-20-17-14-11-8-2/h20,23,29,31,62,65,71-72H,7-19,21-22,24-28,30,32-61,63-64,66-70H2,1-6H3,(H-,75,77,79,80)/p+1/b23-20-,31-29-,65-62+. The van der Waals surface area contributed by atoms with Gasteiger partial charge in [0.15, 0.2) is 0 Å². The van der Waals surface area contributed by atoms with E-state index in [0.717, 1.165) is 64.2 Å². The lowest BCUT2D eigenvalue weighted by Gasteiger charge is -2.27. The second-order valence-electron chi connectivity index (χ2n) is 26.5. The van der Waals surface area contributed by atoms with E-state index in [4.69, 9.17) is 13.8 Å². The summed E-state index contributed by atoms with van der Waals surface area (Å²) in [7, 11) is 1.51. The van der Waals surface area contributed by atoms with Crippen molar-refractivity contribution in [1.82, 2.24) is 5.32 Å². The minimum absolute atomic E-state index is 0.0430. The highest BCUT2D eigenvalue weighted by molar-refractivity contribution is 7.47. The van der Waals surface area contributed by atoms with Crippen LogP contribution in [0.4, 0.5) is 0 Å². The largest absolute Gasteiger partial charge is 0.472 e. The summed E-state index contributed by atoms with van der Waals surface area (Å²) in [4.78, 5) is 37.9. The number of rotatable bonds is 68. The number of esters is 1. The van der Waals surface area contributed by atoms with E-state index in [1.807, 2.05) is 33.3 Å². The van der Waals surface area contributed by atoms with Crippen molar-refractivity contribution < 1.29 is 37.3 Å². The summed E-state index contributed by atoms with van der Waals surface area (Å²) in [5.74, 6) is -0.486. The molecule has 0 aromatic rings. The fourth-order valence-corrected chi connectivity index (χ4v) is 11.9. The van der Waals surface area contributed by atoms with Crippen LogP contribution in [-0.4, -0.2) is 74.3 Å². The molecule has 3 atom stereocenters. The van der Waals surface area contributed by atoms with Crippen molar-refractivity contribution in [2.75, 3.05) is 40.9 Å². The molecule has 0 heterocycles. The number of phosphoric ester groups is 1. The van der Waals surface area contributed by atoms with E-state index in [9.17, 15) is 19.0 Å². The summed E-state index contributed by atoms with van der Waals surface area (Å²) in [6, 6.07) is -0.846. The van der Waals surface area contributed by atoms with E-state index in [-0.39, 0.29) is 25.1 Å². The van der Waals surface area contributed by atoms with Gasteiger partial charge in [-0.05, 0) is 63.9 Å². The Bertz CT molecular complexity index is 1530. The number of nitrogens with one attached hydrogen (secondary N) is 1. The number of phosphoric acid groups is 1. The second kappa shape index (κ2) is 64.2. The molecule has 0 bridgehead atoms. The van der Waals surface area contributed by atoms with Gasteiger partial charge in [-0.1, -0.05) is 334 Å². The van der Waals surface area contributed by atoms with Crippen LogP contribution in [0.15, 0.2) is 36.5 Å². The molecule has 0 aliphatic heterocycles. The Hall–Kier alpha value is -1.77. The number of carbonyl (C=O) groups is 2. The van der Waals surface area contributed by atoms with E-state index >= 15 is 0 Å². The molecule has 496 valence electrons. The van der Waals surface area contributed by atoms with Gasteiger partial charge in [0.1, 0.15) is 19.3 Å². The van der Waals surface area contributed by atoms with Gasteiger partial charge in [-0.3, -0.25) is 18.6 Å². The Kier molecular flexibility index (Phi) is 62.9. The van der Waals surface area contributed by atoms with Gasteiger partial charge in [-0.15, -0.1) is 0 Å². The predicted octanol–water partition coefficient (Wildman–Crippen LogP) is 23.4. The zero-order chi connectivity index (χ0) is 61.4. The highest BCUT2D eigenvalue weighted by Gasteiger charge is 2.30. The SMILES string of the molecule is CCCCC/C=C\C/C=C\CCCCCCCCCCCCCC(=O)OC(/C=C/CCCCCCCCCCCC)C(COP(=O)(O)OCC[N+](C)(C)C)NC(=O)CCCCCCCCCCCCCCCCCCCCCCCCCCC. The van der Waals surface area contributed by atoms with Gasteiger partial charge < -0.3 is 19.4 Å². The Morgan fingerprint density at radius 2 is 0.726 bits per heavy atom. The van der Waals surface area contributed by atoms with Crippen LogP contribution in [0.2, 0.25) is 0 Å². The van der Waals surface area contributed by atoms with Gasteiger partial charge in [0.2, 0.25) is 5.91 Å². The van der Waals surface area contributed by atoms with Gasteiger partial charge in [0, 0.05) is 12.8 Å². The number of hydrogen-bond donors (Lipinski definition) is 2. The zero-order valence-electron chi connectivity index (χ0n) is 56.9. The first kappa shape index (κ1) is 82.2. The first-order chi connectivity index (χ1) is 40.9. The van der Waals surface area contributed by atoms with Crippen molar-refractivity contribution in [2.24, 2.45) is 0 Å². The van der Waals surface area contributed by atoms with E-state index in [1.54, 1.807) is 0 Å². The van der Waals surface area contributed by atoms with E-state index in [0.29, 0.717) is 23.9 Å². The number of ether oxygens (including phenoxy) is 1. The van der Waals surface area contributed by atoms with Gasteiger partial charge in [0.05, 0.1) is 33.8 Å². The third kappa shape index (κ3) is 64.7. The summed E-state index contributed by atoms with van der Waals surface area (Å²) in [6.45, 7) is 7.05. The monoisotopic (exact) mass is 1200 g/mol. The molecule has 9 nitrogen and oxygen atoms in total. The molecule has 0 aliphatic carbocycles. The third-order valence-electron chi connectivity index (χ3n) is 16.8. The van der Waals surface area contributed by atoms with Crippen molar-refractivity contribution >= 4 is 19.7 Å². The summed E-state index contributed by atoms with van der Waals surface area (Å²) in [6.07, 6.45) is 80.2. The number of hydrogen-bond acceptors (Lipinski definition) is 6. The molecule has 0 aliphatic rings. The topological polar surface area (TPSA) is 111 Å². The Morgan fingerprint density at radius 1 is 0.417 bits per heavy atom. The van der Waals surface area contributed by atoms with Crippen molar-refractivity contribution in [3.05, 3.63) is 36.5 Å². The third-order valence-corrected chi connectivity index (χ3v) is 17.8. The molecule has 0 saturated heterocycles. The van der Waals surface area contributed by atoms with E-state index in [1.165, 1.54) is 276 Å². The van der Waals surface area contributed by atoms with Crippen LogP contribution in [0, 0.1) is 0 Å². The summed E-state index contributed by atoms with van der Waals surface area (Å²) in [5.41, 5.74) is 0. The first-order valence-corrected chi connectivity index (χ1v) is 38.3. The molecule has 0 rings (SSSR count).